The van der Waals surface area contributed by atoms with Crippen molar-refractivity contribution in [3.63, 3.8) is 0 Å². The van der Waals surface area contributed by atoms with Gasteiger partial charge in [-0.15, -0.1) is 11.8 Å². The van der Waals surface area contributed by atoms with Crippen LogP contribution < -0.4 is 5.32 Å². The quantitative estimate of drug-likeness (QED) is 0.913. The van der Waals surface area contributed by atoms with E-state index in [-0.39, 0.29) is 5.54 Å². The van der Waals surface area contributed by atoms with Crippen LogP contribution >= 0.6 is 11.8 Å². The second-order valence-corrected chi connectivity index (χ2v) is 7.91. The van der Waals surface area contributed by atoms with E-state index in [0.29, 0.717) is 0 Å². The summed E-state index contributed by atoms with van der Waals surface area (Å²) in [6.45, 7) is 9.67. The smallest absolute Gasteiger partial charge is 0.0987 e. The molecule has 3 nitrogen and oxygen atoms in total. The van der Waals surface area contributed by atoms with E-state index < -0.39 is 0 Å². The van der Waals surface area contributed by atoms with Gasteiger partial charge < -0.3 is 5.32 Å². The van der Waals surface area contributed by atoms with Crippen molar-refractivity contribution in [2.75, 3.05) is 0 Å². The molecule has 108 valence electrons. The zero-order valence-electron chi connectivity index (χ0n) is 12.9. The number of nitrogens with zero attached hydrogens (tertiary/aromatic N) is 2. The Labute approximate surface area is 121 Å². The summed E-state index contributed by atoms with van der Waals surface area (Å²) in [5, 5.41) is 10.4. The van der Waals surface area contributed by atoms with Crippen LogP contribution in [0.5, 0.6) is 0 Å². The van der Waals surface area contributed by atoms with Crippen molar-refractivity contribution in [3.05, 3.63) is 11.3 Å². The number of thioether (sulfide) groups is 1. The lowest BCUT2D eigenvalue weighted by Crippen LogP contribution is -2.35. The van der Waals surface area contributed by atoms with Crippen molar-refractivity contribution in [3.8, 4) is 0 Å². The zero-order valence-corrected chi connectivity index (χ0v) is 13.7. The van der Waals surface area contributed by atoms with Crippen molar-refractivity contribution < 1.29 is 0 Å². The van der Waals surface area contributed by atoms with Crippen LogP contribution in [0.15, 0.2) is 5.03 Å². The molecule has 0 spiro atoms. The molecule has 2 rings (SSSR count). The van der Waals surface area contributed by atoms with Gasteiger partial charge in [-0.1, -0.05) is 12.8 Å². The van der Waals surface area contributed by atoms with Crippen LogP contribution in [0.25, 0.3) is 0 Å². The van der Waals surface area contributed by atoms with Gasteiger partial charge in [-0.2, -0.15) is 5.10 Å². The third kappa shape index (κ3) is 3.99. The molecule has 0 saturated heterocycles. The minimum absolute atomic E-state index is 0.150. The standard InChI is InChI=1S/C15H27N3S/c1-11-13(10-16-15(2,3)4)14(18(5)17-11)19-12-8-6-7-9-12/h12,16H,6-10H2,1-5H3. The fourth-order valence-electron chi connectivity index (χ4n) is 2.55. The van der Waals surface area contributed by atoms with Crippen molar-refractivity contribution in [1.82, 2.24) is 15.1 Å². The molecule has 1 N–H and O–H groups in total. The van der Waals surface area contributed by atoms with Crippen molar-refractivity contribution in [1.29, 1.82) is 0 Å². The van der Waals surface area contributed by atoms with E-state index in [2.05, 4.69) is 49.8 Å². The number of aryl methyl sites for hydroxylation is 2. The normalized spacial score (nSPS) is 17.3. The molecule has 0 aromatic carbocycles. The first kappa shape index (κ1) is 14.9. The van der Waals surface area contributed by atoms with E-state index in [1.54, 1.807) is 0 Å². The van der Waals surface area contributed by atoms with Crippen LogP contribution in [-0.4, -0.2) is 20.6 Å². The van der Waals surface area contributed by atoms with E-state index in [9.17, 15) is 0 Å². The van der Waals surface area contributed by atoms with Crippen molar-refractivity contribution >= 4 is 11.8 Å². The van der Waals surface area contributed by atoms with Gasteiger partial charge in [-0.05, 0) is 40.5 Å². The number of aromatic nitrogens is 2. The van der Waals surface area contributed by atoms with Gasteiger partial charge in [0.2, 0.25) is 0 Å². The Morgan fingerprint density at radius 1 is 1.32 bits per heavy atom. The highest BCUT2D eigenvalue weighted by Crippen LogP contribution is 2.36. The van der Waals surface area contributed by atoms with E-state index in [4.69, 9.17) is 0 Å². The maximum Gasteiger partial charge on any atom is 0.0987 e. The highest BCUT2D eigenvalue weighted by atomic mass is 32.2. The molecule has 1 aliphatic rings. The monoisotopic (exact) mass is 281 g/mol. The van der Waals surface area contributed by atoms with E-state index in [1.165, 1.54) is 42.0 Å². The Bertz CT molecular complexity index is 425. The third-order valence-electron chi connectivity index (χ3n) is 3.66. The lowest BCUT2D eigenvalue weighted by Gasteiger charge is -2.21. The summed E-state index contributed by atoms with van der Waals surface area (Å²) in [6.07, 6.45) is 5.51. The molecule has 0 aliphatic heterocycles. The minimum atomic E-state index is 0.150. The SMILES string of the molecule is Cc1nn(C)c(SC2CCCC2)c1CNC(C)(C)C. The maximum atomic E-state index is 4.61. The van der Waals surface area contributed by atoms with Crippen LogP contribution in [0.4, 0.5) is 0 Å². The maximum absolute atomic E-state index is 4.61. The summed E-state index contributed by atoms with van der Waals surface area (Å²) in [4.78, 5) is 0. The predicted octanol–water partition coefficient (Wildman–Crippen LogP) is 3.65. The van der Waals surface area contributed by atoms with Crippen LogP contribution in [0, 0.1) is 6.92 Å². The highest BCUT2D eigenvalue weighted by molar-refractivity contribution is 7.99. The Hall–Kier alpha value is -0.480. The lowest BCUT2D eigenvalue weighted by atomic mass is 10.1. The average molecular weight is 281 g/mol. The Morgan fingerprint density at radius 2 is 1.95 bits per heavy atom. The highest BCUT2D eigenvalue weighted by Gasteiger charge is 2.22. The number of hydrogen-bond donors (Lipinski definition) is 1. The predicted molar refractivity (Wildman–Crippen MR) is 82.7 cm³/mol. The molecule has 4 heteroatoms. The molecule has 0 atom stereocenters. The van der Waals surface area contributed by atoms with Crippen LogP contribution in [-0.2, 0) is 13.6 Å². The van der Waals surface area contributed by atoms with Gasteiger partial charge in [0.25, 0.3) is 0 Å². The van der Waals surface area contributed by atoms with Gasteiger partial charge in [-0.3, -0.25) is 4.68 Å². The van der Waals surface area contributed by atoms with Gasteiger partial charge in [0.15, 0.2) is 0 Å². The minimum Gasteiger partial charge on any atom is -0.308 e. The van der Waals surface area contributed by atoms with Crippen molar-refractivity contribution in [2.24, 2.45) is 7.05 Å². The molecular weight excluding hydrogens is 254 g/mol. The summed E-state index contributed by atoms with van der Waals surface area (Å²) < 4.78 is 2.07. The average Bonchev–Trinajstić information content (AvgIpc) is 2.86. The molecule has 1 heterocycles. The van der Waals surface area contributed by atoms with E-state index >= 15 is 0 Å². The van der Waals surface area contributed by atoms with Gasteiger partial charge >= 0.3 is 0 Å². The summed E-state index contributed by atoms with van der Waals surface area (Å²) in [5.74, 6) is 0. The van der Waals surface area contributed by atoms with E-state index in [1.807, 2.05) is 11.8 Å². The number of hydrogen-bond acceptors (Lipinski definition) is 3. The summed E-state index contributed by atoms with van der Waals surface area (Å²) in [7, 11) is 2.07. The van der Waals surface area contributed by atoms with Crippen LogP contribution in [0.2, 0.25) is 0 Å². The molecule has 1 saturated carbocycles. The Kier molecular flexibility index (Phi) is 4.62. The van der Waals surface area contributed by atoms with E-state index in [0.717, 1.165) is 11.8 Å². The molecule has 0 bridgehead atoms. The Morgan fingerprint density at radius 3 is 2.53 bits per heavy atom. The van der Waals surface area contributed by atoms with Gasteiger partial charge in [-0.25, -0.2) is 0 Å². The second-order valence-electron chi connectivity index (χ2n) is 6.62. The molecule has 0 unspecified atom stereocenters. The molecule has 1 fully saturated rings. The fraction of sp³-hybridized carbons (Fsp3) is 0.800. The molecule has 0 radical (unpaired) electrons. The Balaban J connectivity index is 2.12. The fourth-order valence-corrected chi connectivity index (χ4v) is 3.99. The summed E-state index contributed by atoms with van der Waals surface area (Å²) in [5.41, 5.74) is 2.70. The van der Waals surface area contributed by atoms with Gasteiger partial charge in [0.1, 0.15) is 0 Å². The van der Waals surface area contributed by atoms with Crippen LogP contribution in [0.3, 0.4) is 0 Å². The molecule has 1 aliphatic carbocycles. The van der Waals surface area contributed by atoms with Crippen LogP contribution in [0.1, 0.15) is 57.7 Å². The summed E-state index contributed by atoms with van der Waals surface area (Å²) >= 11 is 2.04. The third-order valence-corrected chi connectivity index (χ3v) is 5.20. The molecule has 0 amide bonds. The second kappa shape index (κ2) is 5.88. The first-order chi connectivity index (χ1) is 8.87. The topological polar surface area (TPSA) is 29.9 Å². The van der Waals surface area contributed by atoms with Gasteiger partial charge in [0.05, 0.1) is 10.7 Å². The molecule has 1 aromatic heterocycles. The first-order valence-electron chi connectivity index (χ1n) is 7.31. The number of nitrogens with one attached hydrogen (secondary N) is 1. The number of rotatable bonds is 4. The first-order valence-corrected chi connectivity index (χ1v) is 8.19. The van der Waals surface area contributed by atoms with Crippen molar-refractivity contribution in [2.45, 2.75) is 75.7 Å². The van der Waals surface area contributed by atoms with Gasteiger partial charge in [0, 0.05) is 29.9 Å². The largest absolute Gasteiger partial charge is 0.308 e. The molecule has 19 heavy (non-hydrogen) atoms. The zero-order chi connectivity index (χ0) is 14.0. The molecule has 1 aromatic rings. The molecular formula is C15H27N3S. The lowest BCUT2D eigenvalue weighted by molar-refractivity contribution is 0.421. The summed E-state index contributed by atoms with van der Waals surface area (Å²) in [6, 6.07) is 0.